The summed E-state index contributed by atoms with van der Waals surface area (Å²) >= 11 is 1.34. The molecule has 0 saturated carbocycles. The third-order valence-corrected chi connectivity index (χ3v) is 5.55. The third kappa shape index (κ3) is 4.00. The number of para-hydroxylation sites is 2. The van der Waals surface area contributed by atoms with Gasteiger partial charge in [-0.05, 0) is 25.0 Å². The molecule has 7 nitrogen and oxygen atoms in total. The summed E-state index contributed by atoms with van der Waals surface area (Å²) < 4.78 is 11.4. The highest BCUT2D eigenvalue weighted by Gasteiger charge is 2.27. The van der Waals surface area contributed by atoms with E-state index in [1.54, 1.807) is 0 Å². The Labute approximate surface area is 161 Å². The number of piperidine rings is 1. The molecule has 27 heavy (non-hydrogen) atoms. The van der Waals surface area contributed by atoms with E-state index in [9.17, 15) is 4.79 Å². The molecule has 0 unspecified atom stereocenters. The number of carbonyl (C=O) groups is 1. The van der Waals surface area contributed by atoms with Gasteiger partial charge >= 0.3 is 0 Å². The fourth-order valence-corrected chi connectivity index (χ4v) is 3.89. The van der Waals surface area contributed by atoms with Crippen molar-refractivity contribution < 1.29 is 13.6 Å². The van der Waals surface area contributed by atoms with Crippen LogP contribution in [0.1, 0.15) is 50.3 Å². The molecule has 1 fully saturated rings. The summed E-state index contributed by atoms with van der Waals surface area (Å²) in [5, 5.41) is 8.82. The Morgan fingerprint density at radius 1 is 1.22 bits per heavy atom. The first-order valence-electron chi connectivity index (χ1n) is 9.19. The Balaban J connectivity index is 1.29. The molecule has 4 rings (SSSR count). The van der Waals surface area contributed by atoms with Gasteiger partial charge in [0.15, 0.2) is 5.58 Å². The van der Waals surface area contributed by atoms with Gasteiger partial charge < -0.3 is 13.7 Å². The Kier molecular flexibility index (Phi) is 5.15. The van der Waals surface area contributed by atoms with Gasteiger partial charge in [-0.15, -0.1) is 10.2 Å². The van der Waals surface area contributed by atoms with Crippen molar-refractivity contribution in [3.8, 4) is 0 Å². The van der Waals surface area contributed by atoms with Crippen molar-refractivity contribution in [2.75, 3.05) is 18.8 Å². The maximum atomic E-state index is 12.5. The van der Waals surface area contributed by atoms with Crippen molar-refractivity contribution >= 4 is 28.8 Å². The molecule has 1 aliphatic rings. The molecule has 3 heterocycles. The summed E-state index contributed by atoms with van der Waals surface area (Å²) in [7, 11) is 0. The van der Waals surface area contributed by atoms with E-state index < -0.39 is 0 Å². The van der Waals surface area contributed by atoms with Crippen LogP contribution >= 0.6 is 11.8 Å². The second-order valence-electron chi connectivity index (χ2n) is 7.02. The maximum absolute atomic E-state index is 12.5. The largest absolute Gasteiger partial charge is 0.431 e. The second kappa shape index (κ2) is 7.72. The normalized spacial score (nSPS) is 15.7. The number of oxazole rings is 1. The summed E-state index contributed by atoms with van der Waals surface area (Å²) in [4.78, 5) is 18.8. The first-order valence-corrected chi connectivity index (χ1v) is 10.2. The van der Waals surface area contributed by atoms with Crippen molar-refractivity contribution in [1.82, 2.24) is 20.1 Å². The Bertz CT molecular complexity index is 895. The molecule has 0 spiro atoms. The molecular formula is C19H22N4O3S. The van der Waals surface area contributed by atoms with Crippen molar-refractivity contribution in [3.63, 3.8) is 0 Å². The molecule has 1 amide bonds. The summed E-state index contributed by atoms with van der Waals surface area (Å²) in [6.07, 6.45) is 1.69. The zero-order chi connectivity index (χ0) is 18.8. The Morgan fingerprint density at radius 2 is 2.00 bits per heavy atom. The highest BCUT2D eigenvalue weighted by Crippen LogP contribution is 2.29. The van der Waals surface area contributed by atoms with E-state index in [0.717, 1.165) is 23.9 Å². The minimum absolute atomic E-state index is 0.106. The van der Waals surface area contributed by atoms with Crippen LogP contribution in [0.3, 0.4) is 0 Å². The fraction of sp³-hybridized carbons (Fsp3) is 0.474. The van der Waals surface area contributed by atoms with Crippen LogP contribution in [0.25, 0.3) is 11.1 Å². The van der Waals surface area contributed by atoms with Crippen LogP contribution in [0.15, 0.2) is 38.3 Å². The standard InChI is InChI=1S/C19H22N4O3S/c1-12(2)17-21-22-18(26-17)13-7-9-23(10-8-13)16(24)11-27-19-20-14-5-3-4-6-15(14)25-19/h3-6,12-13H,7-11H2,1-2H3. The van der Waals surface area contributed by atoms with Gasteiger partial charge in [0.2, 0.25) is 17.7 Å². The molecule has 1 saturated heterocycles. The van der Waals surface area contributed by atoms with E-state index in [0.29, 0.717) is 35.8 Å². The van der Waals surface area contributed by atoms with Gasteiger partial charge in [0.1, 0.15) is 5.52 Å². The second-order valence-corrected chi connectivity index (χ2v) is 7.95. The molecule has 1 aliphatic heterocycles. The van der Waals surface area contributed by atoms with Gasteiger partial charge in [-0.3, -0.25) is 4.79 Å². The molecule has 0 atom stereocenters. The Morgan fingerprint density at radius 3 is 2.70 bits per heavy atom. The topological polar surface area (TPSA) is 85.3 Å². The number of amides is 1. The van der Waals surface area contributed by atoms with Gasteiger partial charge in [-0.1, -0.05) is 37.7 Å². The van der Waals surface area contributed by atoms with Gasteiger partial charge in [0.25, 0.3) is 5.22 Å². The number of hydrogen-bond acceptors (Lipinski definition) is 7. The highest BCUT2D eigenvalue weighted by atomic mass is 32.2. The molecule has 0 bridgehead atoms. The van der Waals surface area contributed by atoms with Crippen LogP contribution in [0.5, 0.6) is 0 Å². The first kappa shape index (κ1) is 18.0. The Hall–Kier alpha value is -2.35. The van der Waals surface area contributed by atoms with Gasteiger partial charge in [0, 0.05) is 24.9 Å². The minimum atomic E-state index is 0.106. The van der Waals surface area contributed by atoms with Crippen molar-refractivity contribution in [1.29, 1.82) is 0 Å². The summed E-state index contributed by atoms with van der Waals surface area (Å²) in [5.74, 6) is 2.28. The monoisotopic (exact) mass is 386 g/mol. The smallest absolute Gasteiger partial charge is 0.257 e. The number of thioether (sulfide) groups is 1. The molecule has 0 N–H and O–H groups in total. The average molecular weight is 386 g/mol. The van der Waals surface area contributed by atoms with Gasteiger partial charge in [-0.25, -0.2) is 4.98 Å². The predicted molar refractivity (Wildman–Crippen MR) is 102 cm³/mol. The number of aromatic nitrogens is 3. The fourth-order valence-electron chi connectivity index (χ4n) is 3.15. The third-order valence-electron chi connectivity index (χ3n) is 4.74. The number of nitrogens with zero attached hydrogens (tertiary/aromatic N) is 4. The summed E-state index contributed by atoms with van der Waals surface area (Å²) in [5.41, 5.74) is 1.56. The lowest BCUT2D eigenvalue weighted by molar-refractivity contribution is -0.129. The summed E-state index contributed by atoms with van der Waals surface area (Å²) in [6, 6.07) is 7.60. The van der Waals surface area contributed by atoms with Crippen molar-refractivity contribution in [2.45, 2.75) is 43.7 Å². The molecular weight excluding hydrogens is 364 g/mol. The van der Waals surface area contributed by atoms with Gasteiger partial charge in [-0.2, -0.15) is 0 Å². The number of hydrogen-bond donors (Lipinski definition) is 0. The number of carbonyl (C=O) groups excluding carboxylic acids is 1. The SMILES string of the molecule is CC(C)c1nnc(C2CCN(C(=O)CSc3nc4ccccc4o3)CC2)o1. The molecule has 0 radical (unpaired) electrons. The molecule has 2 aromatic heterocycles. The lowest BCUT2D eigenvalue weighted by Crippen LogP contribution is -2.39. The predicted octanol–water partition coefficient (Wildman–Crippen LogP) is 3.83. The molecule has 142 valence electrons. The number of likely N-dealkylation sites (tertiary alicyclic amines) is 1. The molecule has 8 heteroatoms. The van der Waals surface area contributed by atoms with E-state index in [1.807, 2.05) is 43.0 Å². The number of fused-ring (bicyclic) bond motifs is 1. The quantitative estimate of drug-likeness (QED) is 0.616. The molecule has 3 aromatic rings. The van der Waals surface area contributed by atoms with E-state index in [4.69, 9.17) is 8.83 Å². The van der Waals surface area contributed by atoms with Crippen LogP contribution in [0.2, 0.25) is 0 Å². The van der Waals surface area contributed by atoms with Crippen LogP contribution in [0.4, 0.5) is 0 Å². The van der Waals surface area contributed by atoms with E-state index in [2.05, 4.69) is 15.2 Å². The van der Waals surface area contributed by atoms with Crippen LogP contribution in [-0.4, -0.2) is 44.8 Å². The lowest BCUT2D eigenvalue weighted by atomic mass is 9.97. The zero-order valence-electron chi connectivity index (χ0n) is 15.4. The average Bonchev–Trinajstić information content (AvgIpc) is 3.33. The zero-order valence-corrected chi connectivity index (χ0v) is 16.2. The van der Waals surface area contributed by atoms with Gasteiger partial charge in [0.05, 0.1) is 5.75 Å². The minimum Gasteiger partial charge on any atom is -0.431 e. The maximum Gasteiger partial charge on any atom is 0.257 e. The lowest BCUT2D eigenvalue weighted by Gasteiger charge is -2.30. The number of rotatable bonds is 5. The molecule has 0 aliphatic carbocycles. The van der Waals surface area contributed by atoms with Crippen LogP contribution in [-0.2, 0) is 4.79 Å². The highest BCUT2D eigenvalue weighted by molar-refractivity contribution is 7.99. The van der Waals surface area contributed by atoms with E-state index >= 15 is 0 Å². The van der Waals surface area contributed by atoms with Crippen LogP contribution in [0, 0.1) is 0 Å². The summed E-state index contributed by atoms with van der Waals surface area (Å²) in [6.45, 7) is 5.48. The van der Waals surface area contributed by atoms with Crippen molar-refractivity contribution in [3.05, 3.63) is 36.0 Å². The van der Waals surface area contributed by atoms with E-state index in [-0.39, 0.29) is 17.7 Å². The van der Waals surface area contributed by atoms with E-state index in [1.165, 1.54) is 11.8 Å². The van der Waals surface area contributed by atoms with Crippen molar-refractivity contribution in [2.24, 2.45) is 0 Å². The number of benzene rings is 1. The molecule has 1 aromatic carbocycles. The first-order chi connectivity index (χ1) is 13.1. The van der Waals surface area contributed by atoms with Crippen LogP contribution < -0.4 is 0 Å².